The van der Waals surface area contributed by atoms with E-state index in [1.807, 2.05) is 19.1 Å². The van der Waals surface area contributed by atoms with Crippen LogP contribution in [-0.4, -0.2) is 20.5 Å². The molecule has 2 rings (SSSR count). The van der Waals surface area contributed by atoms with Gasteiger partial charge < -0.3 is 0 Å². The van der Waals surface area contributed by atoms with Crippen molar-refractivity contribution in [2.45, 2.75) is 18.2 Å². The van der Waals surface area contributed by atoms with E-state index in [4.69, 9.17) is 0 Å². The van der Waals surface area contributed by atoms with Crippen LogP contribution in [-0.2, 0) is 16.3 Å². The molecule has 1 aromatic heterocycles. The summed E-state index contributed by atoms with van der Waals surface area (Å²) < 4.78 is 22.7. The van der Waals surface area contributed by atoms with Gasteiger partial charge in [0, 0.05) is 16.7 Å². The van der Waals surface area contributed by atoms with Gasteiger partial charge in [0.2, 0.25) is 5.78 Å². The second kappa shape index (κ2) is 5.27. The number of benzene rings is 1. The number of thiophene rings is 1. The van der Waals surface area contributed by atoms with Crippen molar-refractivity contribution in [1.82, 2.24) is 0 Å². The normalized spacial score (nSPS) is 11.5. The van der Waals surface area contributed by atoms with E-state index in [-0.39, 0.29) is 10.7 Å². The van der Waals surface area contributed by atoms with E-state index in [1.54, 1.807) is 12.1 Å². The fourth-order valence-electron chi connectivity index (χ4n) is 1.69. The quantitative estimate of drug-likeness (QED) is 0.815. The molecule has 0 aliphatic rings. The predicted octanol–water partition coefficient (Wildman–Crippen LogP) is 2.95. The van der Waals surface area contributed by atoms with Crippen molar-refractivity contribution in [3.05, 3.63) is 51.7 Å². The molecule has 3 nitrogen and oxygen atoms in total. The van der Waals surface area contributed by atoms with Crippen LogP contribution in [0.3, 0.4) is 0 Å². The first kappa shape index (κ1) is 14.0. The highest BCUT2D eigenvalue weighted by Crippen LogP contribution is 2.21. The molecule has 1 aromatic carbocycles. The highest BCUT2D eigenvalue weighted by Gasteiger charge is 2.13. The first-order chi connectivity index (χ1) is 8.91. The second-order valence-electron chi connectivity index (χ2n) is 4.25. The molecule has 0 fully saturated rings. The van der Waals surface area contributed by atoms with Crippen LogP contribution in [0.4, 0.5) is 0 Å². The van der Waals surface area contributed by atoms with Gasteiger partial charge in [-0.3, -0.25) is 4.79 Å². The highest BCUT2D eigenvalue weighted by molar-refractivity contribution is 7.90. The third kappa shape index (κ3) is 3.11. The van der Waals surface area contributed by atoms with Gasteiger partial charge in [0.25, 0.3) is 0 Å². The first-order valence-corrected chi connectivity index (χ1v) is 8.56. The molecule has 100 valence electrons. The molecule has 2 aromatic rings. The lowest BCUT2D eigenvalue weighted by Crippen LogP contribution is -2.01. The Bertz CT molecular complexity index is 695. The standard InChI is InChI=1S/C14H14O3S2/c1-3-11-6-9-13(18-11)14(15)10-4-7-12(8-5-10)19(2,16)17/h4-9H,3H2,1-2H3. The van der Waals surface area contributed by atoms with E-state index in [1.165, 1.54) is 23.5 Å². The van der Waals surface area contributed by atoms with Crippen LogP contribution in [0.25, 0.3) is 0 Å². The maximum absolute atomic E-state index is 12.2. The average Bonchev–Trinajstić information content (AvgIpc) is 2.86. The molecule has 0 bridgehead atoms. The Morgan fingerprint density at radius 1 is 1.11 bits per heavy atom. The molecule has 0 amide bonds. The number of ketones is 1. The third-order valence-electron chi connectivity index (χ3n) is 2.78. The minimum Gasteiger partial charge on any atom is -0.288 e. The Morgan fingerprint density at radius 2 is 1.74 bits per heavy atom. The second-order valence-corrected chi connectivity index (χ2v) is 7.43. The van der Waals surface area contributed by atoms with Crippen molar-refractivity contribution < 1.29 is 13.2 Å². The Labute approximate surface area is 116 Å². The van der Waals surface area contributed by atoms with E-state index in [2.05, 4.69) is 0 Å². The van der Waals surface area contributed by atoms with Gasteiger partial charge >= 0.3 is 0 Å². The largest absolute Gasteiger partial charge is 0.288 e. The van der Waals surface area contributed by atoms with Crippen molar-refractivity contribution in [3.63, 3.8) is 0 Å². The maximum atomic E-state index is 12.2. The molecule has 0 saturated heterocycles. The molecule has 5 heteroatoms. The third-order valence-corrected chi connectivity index (χ3v) is 5.14. The van der Waals surface area contributed by atoms with Crippen molar-refractivity contribution in [2.75, 3.05) is 6.26 Å². The first-order valence-electron chi connectivity index (χ1n) is 5.85. The van der Waals surface area contributed by atoms with Crippen LogP contribution in [0.2, 0.25) is 0 Å². The monoisotopic (exact) mass is 294 g/mol. The minimum atomic E-state index is -3.22. The summed E-state index contributed by atoms with van der Waals surface area (Å²) in [6.45, 7) is 2.04. The molecular weight excluding hydrogens is 280 g/mol. The van der Waals surface area contributed by atoms with Gasteiger partial charge in [-0.2, -0.15) is 0 Å². The lowest BCUT2D eigenvalue weighted by Gasteiger charge is -2.01. The molecule has 1 heterocycles. The summed E-state index contributed by atoms with van der Waals surface area (Å²) in [5.74, 6) is -0.0650. The minimum absolute atomic E-state index is 0.0650. The molecule has 0 saturated carbocycles. The fourth-order valence-corrected chi connectivity index (χ4v) is 3.23. The summed E-state index contributed by atoms with van der Waals surface area (Å²) in [4.78, 5) is 14.3. The Balaban J connectivity index is 2.30. The maximum Gasteiger partial charge on any atom is 0.202 e. The number of carbonyl (C=O) groups excluding carboxylic acids is 1. The summed E-state index contributed by atoms with van der Waals surface area (Å²) in [6, 6.07) is 9.82. The molecule has 19 heavy (non-hydrogen) atoms. The van der Waals surface area contributed by atoms with Crippen LogP contribution < -0.4 is 0 Å². The van der Waals surface area contributed by atoms with E-state index in [0.717, 1.165) is 17.6 Å². The molecule has 0 unspecified atom stereocenters. The number of hydrogen-bond acceptors (Lipinski definition) is 4. The number of rotatable bonds is 4. The average molecular weight is 294 g/mol. The van der Waals surface area contributed by atoms with Gasteiger partial charge in [0.1, 0.15) is 0 Å². The van der Waals surface area contributed by atoms with Gasteiger partial charge in [0.05, 0.1) is 9.77 Å². The summed E-state index contributed by atoms with van der Waals surface area (Å²) in [6.07, 6.45) is 2.06. The number of hydrogen-bond donors (Lipinski definition) is 0. The highest BCUT2D eigenvalue weighted by atomic mass is 32.2. The summed E-state index contributed by atoms with van der Waals surface area (Å²) in [5.41, 5.74) is 0.511. The smallest absolute Gasteiger partial charge is 0.202 e. The van der Waals surface area contributed by atoms with Crippen LogP contribution in [0.15, 0.2) is 41.3 Å². The molecule has 0 spiro atoms. The molecular formula is C14H14O3S2. The topological polar surface area (TPSA) is 51.2 Å². The van der Waals surface area contributed by atoms with Crippen molar-refractivity contribution in [3.8, 4) is 0 Å². The predicted molar refractivity (Wildman–Crippen MR) is 76.7 cm³/mol. The zero-order valence-electron chi connectivity index (χ0n) is 10.7. The van der Waals surface area contributed by atoms with Crippen LogP contribution >= 0.6 is 11.3 Å². The summed E-state index contributed by atoms with van der Waals surface area (Å²) in [7, 11) is -3.22. The van der Waals surface area contributed by atoms with Gasteiger partial charge in [-0.05, 0) is 42.8 Å². The SMILES string of the molecule is CCc1ccc(C(=O)c2ccc(S(C)(=O)=O)cc2)s1. The number of carbonyl (C=O) groups is 1. The van der Waals surface area contributed by atoms with E-state index in [0.29, 0.717) is 10.4 Å². The number of aryl methyl sites for hydroxylation is 1. The zero-order chi connectivity index (χ0) is 14.0. The molecule has 0 atom stereocenters. The molecule has 0 aliphatic carbocycles. The van der Waals surface area contributed by atoms with Gasteiger partial charge in [-0.25, -0.2) is 8.42 Å². The van der Waals surface area contributed by atoms with E-state index >= 15 is 0 Å². The fraction of sp³-hybridized carbons (Fsp3) is 0.214. The number of sulfone groups is 1. The Kier molecular flexibility index (Phi) is 3.87. The van der Waals surface area contributed by atoms with Crippen molar-refractivity contribution in [1.29, 1.82) is 0 Å². The van der Waals surface area contributed by atoms with Crippen molar-refractivity contribution >= 4 is 27.0 Å². The van der Waals surface area contributed by atoms with Gasteiger partial charge in [-0.15, -0.1) is 11.3 Å². The van der Waals surface area contributed by atoms with Crippen LogP contribution in [0.1, 0.15) is 27.0 Å². The molecule has 0 N–H and O–H groups in total. The zero-order valence-corrected chi connectivity index (χ0v) is 12.3. The lowest BCUT2D eigenvalue weighted by atomic mass is 10.1. The van der Waals surface area contributed by atoms with E-state index < -0.39 is 9.84 Å². The van der Waals surface area contributed by atoms with Crippen molar-refractivity contribution in [2.24, 2.45) is 0 Å². The van der Waals surface area contributed by atoms with Crippen LogP contribution in [0.5, 0.6) is 0 Å². The molecule has 0 radical (unpaired) electrons. The molecule has 0 aliphatic heterocycles. The van der Waals surface area contributed by atoms with Gasteiger partial charge in [-0.1, -0.05) is 6.92 Å². The Hall–Kier alpha value is -1.46. The summed E-state index contributed by atoms with van der Waals surface area (Å²) in [5, 5.41) is 0. The van der Waals surface area contributed by atoms with E-state index in [9.17, 15) is 13.2 Å². The Morgan fingerprint density at radius 3 is 2.21 bits per heavy atom. The van der Waals surface area contributed by atoms with Crippen LogP contribution in [0, 0.1) is 0 Å². The van der Waals surface area contributed by atoms with Gasteiger partial charge in [0.15, 0.2) is 9.84 Å². The lowest BCUT2D eigenvalue weighted by molar-refractivity contribution is 0.104. The summed E-state index contributed by atoms with van der Waals surface area (Å²) >= 11 is 1.48.